The summed E-state index contributed by atoms with van der Waals surface area (Å²) in [5.74, 6) is 0.359. The van der Waals surface area contributed by atoms with Crippen molar-refractivity contribution in [2.45, 2.75) is 19.8 Å². The molecule has 0 aliphatic heterocycles. The number of para-hydroxylation sites is 1. The van der Waals surface area contributed by atoms with Gasteiger partial charge in [-0.2, -0.15) is 0 Å². The van der Waals surface area contributed by atoms with Gasteiger partial charge in [0, 0.05) is 0 Å². The minimum absolute atomic E-state index is 0.269. The first-order valence-corrected chi connectivity index (χ1v) is 10.8. The van der Waals surface area contributed by atoms with E-state index in [1.807, 2.05) is 24.3 Å². The number of sulfonamides is 1. The predicted molar refractivity (Wildman–Crippen MR) is 108 cm³/mol. The molecular formula is C20H26N2O4S. The summed E-state index contributed by atoms with van der Waals surface area (Å²) in [4.78, 5) is 12.1. The number of amides is 1. The van der Waals surface area contributed by atoms with Crippen LogP contribution in [0.15, 0.2) is 54.6 Å². The highest BCUT2D eigenvalue weighted by molar-refractivity contribution is 7.92. The highest BCUT2D eigenvalue weighted by Crippen LogP contribution is 2.16. The Morgan fingerprint density at radius 3 is 2.33 bits per heavy atom. The van der Waals surface area contributed by atoms with E-state index >= 15 is 0 Å². The normalized spacial score (nSPS) is 11.0. The van der Waals surface area contributed by atoms with Crippen molar-refractivity contribution in [3.05, 3.63) is 60.2 Å². The second-order valence-corrected chi connectivity index (χ2v) is 8.10. The third-order valence-electron chi connectivity index (χ3n) is 3.89. The molecule has 0 atom stereocenters. The van der Waals surface area contributed by atoms with Crippen molar-refractivity contribution in [2.24, 2.45) is 0 Å². The third-order valence-corrected chi connectivity index (χ3v) is 5.03. The Balaban J connectivity index is 1.81. The number of nitrogens with one attached hydrogen (secondary N) is 1. The fraction of sp³-hybridized carbons (Fsp3) is 0.350. The number of hydrogen-bond acceptors (Lipinski definition) is 4. The zero-order valence-corrected chi connectivity index (χ0v) is 16.5. The monoisotopic (exact) mass is 390 g/mol. The van der Waals surface area contributed by atoms with E-state index in [2.05, 4.69) is 12.2 Å². The van der Waals surface area contributed by atoms with Gasteiger partial charge in [0.25, 0.3) is 0 Å². The molecule has 0 spiro atoms. The van der Waals surface area contributed by atoms with Crippen molar-refractivity contribution >= 4 is 21.6 Å². The van der Waals surface area contributed by atoms with Crippen LogP contribution in [0.25, 0.3) is 0 Å². The summed E-state index contributed by atoms with van der Waals surface area (Å²) in [6.45, 7) is 2.47. The van der Waals surface area contributed by atoms with Crippen LogP contribution in [-0.4, -0.2) is 40.3 Å². The number of ether oxygens (including phenoxy) is 1. The van der Waals surface area contributed by atoms with Gasteiger partial charge in [0.1, 0.15) is 18.9 Å². The van der Waals surface area contributed by atoms with E-state index in [4.69, 9.17) is 4.74 Å². The summed E-state index contributed by atoms with van der Waals surface area (Å²) < 4.78 is 30.6. The summed E-state index contributed by atoms with van der Waals surface area (Å²) >= 11 is 0. The summed E-state index contributed by atoms with van der Waals surface area (Å²) in [6, 6.07) is 16.4. The Bertz CT molecular complexity index is 821. The Hall–Kier alpha value is -2.54. The second-order valence-electron chi connectivity index (χ2n) is 6.20. The van der Waals surface area contributed by atoms with Gasteiger partial charge in [-0.3, -0.25) is 9.10 Å². The maximum atomic E-state index is 12.1. The molecule has 0 aliphatic carbocycles. The maximum absolute atomic E-state index is 12.1. The fourth-order valence-electron chi connectivity index (χ4n) is 2.58. The summed E-state index contributed by atoms with van der Waals surface area (Å²) in [5, 5.41) is 2.69. The molecule has 0 aromatic heterocycles. The summed E-state index contributed by atoms with van der Waals surface area (Å²) in [5.41, 5.74) is 1.72. The molecule has 0 fully saturated rings. The largest absolute Gasteiger partial charge is 0.492 e. The number of carbonyl (C=O) groups is 1. The van der Waals surface area contributed by atoms with Crippen LogP contribution in [0.5, 0.6) is 5.75 Å². The standard InChI is InChI=1S/C20H26N2O4S/c1-3-7-17-10-12-19(13-11-17)26-15-14-21-20(23)16-22(27(2,24)25)18-8-5-4-6-9-18/h4-6,8-13H,3,7,14-16H2,1-2H3,(H,21,23). The SMILES string of the molecule is CCCc1ccc(OCCNC(=O)CN(c2ccccc2)S(C)(=O)=O)cc1. The van der Waals surface area contributed by atoms with E-state index in [9.17, 15) is 13.2 Å². The first-order chi connectivity index (χ1) is 12.9. The molecule has 0 saturated heterocycles. The molecule has 1 N–H and O–H groups in total. The second kappa shape index (κ2) is 9.97. The Morgan fingerprint density at radius 1 is 1.07 bits per heavy atom. The smallest absolute Gasteiger partial charge is 0.240 e. The first-order valence-electron chi connectivity index (χ1n) is 8.91. The number of carbonyl (C=O) groups excluding carboxylic acids is 1. The highest BCUT2D eigenvalue weighted by Gasteiger charge is 2.20. The lowest BCUT2D eigenvalue weighted by atomic mass is 10.1. The van der Waals surface area contributed by atoms with Crippen LogP contribution >= 0.6 is 0 Å². The molecule has 0 unspecified atom stereocenters. The molecule has 2 rings (SSSR count). The lowest BCUT2D eigenvalue weighted by Gasteiger charge is -2.21. The Labute approximate surface area is 161 Å². The third kappa shape index (κ3) is 6.94. The topological polar surface area (TPSA) is 75.7 Å². The zero-order valence-electron chi connectivity index (χ0n) is 15.7. The molecule has 2 aromatic rings. The fourth-order valence-corrected chi connectivity index (χ4v) is 3.44. The van der Waals surface area contributed by atoms with Gasteiger partial charge in [0.05, 0.1) is 18.5 Å². The van der Waals surface area contributed by atoms with Crippen molar-refractivity contribution in [1.29, 1.82) is 0 Å². The van der Waals surface area contributed by atoms with Crippen LogP contribution in [0.1, 0.15) is 18.9 Å². The molecule has 0 bridgehead atoms. The molecule has 0 heterocycles. The van der Waals surface area contributed by atoms with Gasteiger partial charge in [-0.05, 0) is 36.2 Å². The zero-order chi connectivity index (χ0) is 19.7. The van der Waals surface area contributed by atoms with Gasteiger partial charge < -0.3 is 10.1 Å². The molecule has 7 heteroatoms. The minimum Gasteiger partial charge on any atom is -0.492 e. The number of anilines is 1. The quantitative estimate of drug-likeness (QED) is 0.633. The van der Waals surface area contributed by atoms with Gasteiger partial charge in [-0.1, -0.05) is 43.7 Å². The van der Waals surface area contributed by atoms with Crippen LogP contribution in [0.4, 0.5) is 5.69 Å². The highest BCUT2D eigenvalue weighted by atomic mass is 32.2. The first kappa shape index (κ1) is 20.8. The van der Waals surface area contributed by atoms with E-state index in [0.717, 1.165) is 29.2 Å². The van der Waals surface area contributed by atoms with Crippen molar-refractivity contribution in [3.8, 4) is 5.75 Å². The lowest BCUT2D eigenvalue weighted by Crippen LogP contribution is -2.41. The average molecular weight is 391 g/mol. The van der Waals surface area contributed by atoms with Crippen molar-refractivity contribution in [1.82, 2.24) is 5.32 Å². The number of benzene rings is 2. The number of hydrogen-bond donors (Lipinski definition) is 1. The molecule has 2 aromatic carbocycles. The van der Waals surface area contributed by atoms with Crippen LogP contribution in [-0.2, 0) is 21.2 Å². The number of rotatable bonds is 10. The van der Waals surface area contributed by atoms with E-state index in [-0.39, 0.29) is 12.5 Å². The molecule has 6 nitrogen and oxygen atoms in total. The van der Waals surface area contributed by atoms with Gasteiger partial charge >= 0.3 is 0 Å². The van der Waals surface area contributed by atoms with Crippen molar-refractivity contribution in [3.63, 3.8) is 0 Å². The van der Waals surface area contributed by atoms with E-state index in [0.29, 0.717) is 18.8 Å². The van der Waals surface area contributed by atoms with Crippen molar-refractivity contribution < 1.29 is 17.9 Å². The summed E-state index contributed by atoms with van der Waals surface area (Å²) in [6.07, 6.45) is 3.22. The molecule has 27 heavy (non-hydrogen) atoms. The van der Waals surface area contributed by atoms with Gasteiger partial charge in [-0.15, -0.1) is 0 Å². The predicted octanol–water partition coefficient (Wildman–Crippen LogP) is 2.60. The van der Waals surface area contributed by atoms with Gasteiger partial charge in [0.2, 0.25) is 15.9 Å². The Morgan fingerprint density at radius 2 is 1.74 bits per heavy atom. The van der Waals surface area contributed by atoms with E-state index in [1.165, 1.54) is 5.56 Å². The van der Waals surface area contributed by atoms with E-state index < -0.39 is 10.0 Å². The molecular weight excluding hydrogens is 364 g/mol. The van der Waals surface area contributed by atoms with Crippen molar-refractivity contribution in [2.75, 3.05) is 30.3 Å². The number of aryl methyl sites for hydroxylation is 1. The Kier molecular flexibility index (Phi) is 7.67. The summed E-state index contributed by atoms with van der Waals surface area (Å²) in [7, 11) is -3.55. The molecule has 1 amide bonds. The minimum atomic E-state index is -3.55. The van der Waals surface area contributed by atoms with Gasteiger partial charge in [-0.25, -0.2) is 8.42 Å². The van der Waals surface area contributed by atoms with Crippen LogP contribution in [0.3, 0.4) is 0 Å². The lowest BCUT2D eigenvalue weighted by molar-refractivity contribution is -0.119. The molecule has 0 radical (unpaired) electrons. The van der Waals surface area contributed by atoms with Gasteiger partial charge in [0.15, 0.2) is 0 Å². The molecule has 0 saturated carbocycles. The molecule has 146 valence electrons. The number of nitrogens with zero attached hydrogens (tertiary/aromatic N) is 1. The van der Waals surface area contributed by atoms with E-state index in [1.54, 1.807) is 30.3 Å². The average Bonchev–Trinajstić information content (AvgIpc) is 2.64. The molecule has 0 aliphatic rings. The van der Waals surface area contributed by atoms with Crippen LogP contribution in [0.2, 0.25) is 0 Å². The van der Waals surface area contributed by atoms with Crippen LogP contribution in [0, 0.1) is 0 Å². The maximum Gasteiger partial charge on any atom is 0.240 e. The van der Waals surface area contributed by atoms with Crippen LogP contribution < -0.4 is 14.4 Å².